The molecule has 1 saturated heterocycles. The van der Waals surface area contributed by atoms with Crippen LogP contribution in [0.3, 0.4) is 0 Å². The van der Waals surface area contributed by atoms with E-state index >= 15 is 0 Å². The summed E-state index contributed by atoms with van der Waals surface area (Å²) in [4.78, 5) is 2.43. The highest BCUT2D eigenvalue weighted by Gasteiger charge is 2.10. The second-order valence-electron chi connectivity index (χ2n) is 4.76. The normalized spacial score (nSPS) is 16.3. The molecule has 1 aliphatic rings. The predicted octanol–water partition coefficient (Wildman–Crippen LogP) is 2.19. The lowest BCUT2D eigenvalue weighted by Crippen LogP contribution is -2.31. The molecule has 2 nitrogen and oxygen atoms in total. The van der Waals surface area contributed by atoms with Gasteiger partial charge >= 0.3 is 0 Å². The molecule has 18 heavy (non-hydrogen) atoms. The fourth-order valence-corrected chi connectivity index (χ4v) is 2.33. The average molecular weight is 254 g/mol. The van der Waals surface area contributed by atoms with Gasteiger partial charge in [-0.1, -0.05) is 12.1 Å². The minimum absolute atomic E-state index is 0.448. The summed E-state index contributed by atoms with van der Waals surface area (Å²) in [6.07, 6.45) is 3.13. The van der Waals surface area contributed by atoms with Gasteiger partial charge in [-0.15, -0.1) is 0 Å². The van der Waals surface area contributed by atoms with Gasteiger partial charge < -0.3 is 10.2 Å². The van der Waals surface area contributed by atoms with Crippen LogP contribution in [0, 0.1) is 11.6 Å². The first-order valence-electron chi connectivity index (χ1n) is 6.63. The lowest BCUT2D eigenvalue weighted by Gasteiger charge is -2.14. The van der Waals surface area contributed by atoms with Crippen LogP contribution in [0.1, 0.15) is 18.4 Å². The molecule has 1 N–H and O–H groups in total. The minimum atomic E-state index is -0.760. The summed E-state index contributed by atoms with van der Waals surface area (Å²) < 4.78 is 26.3. The number of hydrogen-bond acceptors (Lipinski definition) is 2. The second-order valence-corrected chi connectivity index (χ2v) is 4.76. The third kappa shape index (κ3) is 3.75. The van der Waals surface area contributed by atoms with Gasteiger partial charge in [-0.3, -0.25) is 0 Å². The molecule has 0 unspecified atom stereocenters. The highest BCUT2D eigenvalue weighted by molar-refractivity contribution is 5.19. The van der Waals surface area contributed by atoms with Crippen LogP contribution < -0.4 is 5.32 Å². The van der Waals surface area contributed by atoms with E-state index in [1.807, 2.05) is 0 Å². The Balaban J connectivity index is 1.64. The first-order chi connectivity index (χ1) is 8.77. The van der Waals surface area contributed by atoms with Crippen molar-refractivity contribution in [3.05, 3.63) is 35.4 Å². The Kier molecular flexibility index (Phi) is 5.08. The molecule has 0 bridgehead atoms. The number of nitrogens with zero attached hydrogens (tertiary/aromatic N) is 1. The van der Waals surface area contributed by atoms with E-state index in [0.29, 0.717) is 18.5 Å². The predicted molar refractivity (Wildman–Crippen MR) is 68.6 cm³/mol. The van der Waals surface area contributed by atoms with Crippen molar-refractivity contribution in [1.82, 2.24) is 10.2 Å². The zero-order valence-corrected chi connectivity index (χ0v) is 10.6. The second kappa shape index (κ2) is 6.81. The molecule has 1 heterocycles. The van der Waals surface area contributed by atoms with Gasteiger partial charge in [-0.2, -0.15) is 0 Å². The SMILES string of the molecule is Fc1cccc(CCNCCN2CCCC2)c1F. The fourth-order valence-electron chi connectivity index (χ4n) is 2.33. The van der Waals surface area contributed by atoms with Crippen molar-refractivity contribution >= 4 is 0 Å². The molecule has 0 amide bonds. The van der Waals surface area contributed by atoms with E-state index in [4.69, 9.17) is 0 Å². The number of likely N-dealkylation sites (tertiary alicyclic amines) is 1. The van der Waals surface area contributed by atoms with Crippen LogP contribution in [-0.4, -0.2) is 37.6 Å². The van der Waals surface area contributed by atoms with Crippen LogP contribution in [0.4, 0.5) is 8.78 Å². The Bertz CT molecular complexity index is 376. The first kappa shape index (κ1) is 13.4. The molecule has 0 aliphatic carbocycles. The van der Waals surface area contributed by atoms with Crippen LogP contribution in [0.25, 0.3) is 0 Å². The number of hydrogen-bond donors (Lipinski definition) is 1. The smallest absolute Gasteiger partial charge is 0.162 e. The van der Waals surface area contributed by atoms with Crippen molar-refractivity contribution in [3.8, 4) is 0 Å². The molecule has 4 heteroatoms. The van der Waals surface area contributed by atoms with Crippen LogP contribution in [0.2, 0.25) is 0 Å². The lowest BCUT2D eigenvalue weighted by atomic mass is 10.1. The Morgan fingerprint density at radius 2 is 1.89 bits per heavy atom. The summed E-state index contributed by atoms with van der Waals surface area (Å²) >= 11 is 0. The van der Waals surface area contributed by atoms with E-state index < -0.39 is 11.6 Å². The molecular formula is C14H20F2N2. The van der Waals surface area contributed by atoms with Crippen molar-refractivity contribution in [1.29, 1.82) is 0 Å². The topological polar surface area (TPSA) is 15.3 Å². The molecule has 100 valence electrons. The highest BCUT2D eigenvalue weighted by Crippen LogP contribution is 2.11. The molecule has 1 aliphatic heterocycles. The molecule has 0 radical (unpaired) electrons. The summed E-state index contributed by atoms with van der Waals surface area (Å²) in [6.45, 7) is 5.04. The van der Waals surface area contributed by atoms with Gasteiger partial charge in [-0.05, 0) is 50.5 Å². The Hall–Kier alpha value is -1.00. The summed E-state index contributed by atoms with van der Waals surface area (Å²) in [7, 11) is 0. The zero-order chi connectivity index (χ0) is 12.8. The maximum absolute atomic E-state index is 13.3. The van der Waals surface area contributed by atoms with Crippen molar-refractivity contribution in [3.63, 3.8) is 0 Å². The van der Waals surface area contributed by atoms with Crippen molar-refractivity contribution in [2.45, 2.75) is 19.3 Å². The van der Waals surface area contributed by atoms with Crippen LogP contribution in [0.5, 0.6) is 0 Å². The van der Waals surface area contributed by atoms with Gasteiger partial charge in [-0.25, -0.2) is 8.78 Å². The van der Waals surface area contributed by atoms with E-state index in [0.717, 1.165) is 19.2 Å². The molecule has 1 aromatic rings. The van der Waals surface area contributed by atoms with Crippen LogP contribution in [0.15, 0.2) is 18.2 Å². The van der Waals surface area contributed by atoms with E-state index in [9.17, 15) is 8.78 Å². The van der Waals surface area contributed by atoms with Crippen molar-refractivity contribution in [2.24, 2.45) is 0 Å². The van der Waals surface area contributed by atoms with E-state index in [2.05, 4.69) is 10.2 Å². The maximum atomic E-state index is 13.3. The Labute approximate surface area is 107 Å². The summed E-state index contributed by atoms with van der Waals surface area (Å²) in [6, 6.07) is 4.35. The largest absolute Gasteiger partial charge is 0.315 e. The lowest BCUT2D eigenvalue weighted by molar-refractivity contribution is 0.336. The Morgan fingerprint density at radius 3 is 2.67 bits per heavy atom. The van der Waals surface area contributed by atoms with Crippen LogP contribution >= 0.6 is 0 Å². The summed E-state index contributed by atoms with van der Waals surface area (Å²) in [5.74, 6) is -1.47. The molecule has 1 fully saturated rings. The molecule has 1 aromatic carbocycles. The standard InChI is InChI=1S/C14H20F2N2/c15-13-5-3-4-12(14(13)16)6-7-17-8-11-18-9-1-2-10-18/h3-5,17H,1-2,6-11H2. The Morgan fingerprint density at radius 1 is 1.11 bits per heavy atom. The van der Waals surface area contributed by atoms with Crippen LogP contribution in [-0.2, 0) is 6.42 Å². The highest BCUT2D eigenvalue weighted by atomic mass is 19.2. The zero-order valence-electron chi connectivity index (χ0n) is 10.6. The summed E-state index contributed by atoms with van der Waals surface area (Å²) in [5, 5.41) is 3.28. The third-order valence-corrected chi connectivity index (χ3v) is 3.41. The maximum Gasteiger partial charge on any atom is 0.162 e. The van der Waals surface area contributed by atoms with Gasteiger partial charge in [0.05, 0.1) is 0 Å². The molecule has 2 rings (SSSR count). The van der Waals surface area contributed by atoms with Gasteiger partial charge in [0, 0.05) is 13.1 Å². The van der Waals surface area contributed by atoms with E-state index in [-0.39, 0.29) is 0 Å². The average Bonchev–Trinajstić information content (AvgIpc) is 2.87. The number of benzene rings is 1. The van der Waals surface area contributed by atoms with Gasteiger partial charge in [0.15, 0.2) is 11.6 Å². The summed E-state index contributed by atoms with van der Waals surface area (Å²) in [5.41, 5.74) is 0.448. The molecule has 0 atom stereocenters. The van der Waals surface area contributed by atoms with Crippen molar-refractivity contribution < 1.29 is 8.78 Å². The third-order valence-electron chi connectivity index (χ3n) is 3.41. The quantitative estimate of drug-likeness (QED) is 0.783. The number of nitrogens with one attached hydrogen (secondary N) is 1. The van der Waals surface area contributed by atoms with Gasteiger partial charge in [0.25, 0.3) is 0 Å². The van der Waals surface area contributed by atoms with Gasteiger partial charge in [0.2, 0.25) is 0 Å². The minimum Gasteiger partial charge on any atom is -0.315 e. The molecular weight excluding hydrogens is 234 g/mol. The van der Waals surface area contributed by atoms with E-state index in [1.165, 1.54) is 25.9 Å². The fraction of sp³-hybridized carbons (Fsp3) is 0.571. The van der Waals surface area contributed by atoms with E-state index in [1.54, 1.807) is 12.1 Å². The number of halogens is 2. The first-order valence-corrected chi connectivity index (χ1v) is 6.63. The van der Waals surface area contributed by atoms with Gasteiger partial charge in [0.1, 0.15) is 0 Å². The molecule has 0 saturated carbocycles. The number of rotatable bonds is 6. The van der Waals surface area contributed by atoms with Crippen molar-refractivity contribution in [2.75, 3.05) is 32.7 Å². The monoisotopic (exact) mass is 254 g/mol. The molecule has 0 spiro atoms. The molecule has 0 aromatic heterocycles.